The molecule has 7 heteroatoms. The second-order valence-corrected chi connectivity index (χ2v) is 7.56. The number of hydrogen-bond acceptors (Lipinski definition) is 4. The van der Waals surface area contributed by atoms with Gasteiger partial charge in [0.1, 0.15) is 6.04 Å². The maximum Gasteiger partial charge on any atom is 0.243 e. The Labute approximate surface area is 137 Å². The molecule has 0 bridgehead atoms. The molecular formula is C16H21N3O3S. The lowest BCUT2D eigenvalue weighted by molar-refractivity contribution is -0.137. The molecule has 0 radical (unpaired) electrons. The van der Waals surface area contributed by atoms with Crippen molar-refractivity contribution in [3.8, 4) is 6.07 Å². The van der Waals surface area contributed by atoms with E-state index in [0.717, 1.165) is 12.8 Å². The third-order valence-corrected chi connectivity index (χ3v) is 6.01. The van der Waals surface area contributed by atoms with Crippen LogP contribution in [0.5, 0.6) is 0 Å². The van der Waals surface area contributed by atoms with Gasteiger partial charge >= 0.3 is 0 Å². The van der Waals surface area contributed by atoms with E-state index in [2.05, 4.69) is 0 Å². The molecule has 1 aliphatic rings. The molecule has 0 aromatic heterocycles. The Bertz CT molecular complexity index is 707. The maximum atomic E-state index is 12.9. The fourth-order valence-electron chi connectivity index (χ4n) is 2.68. The van der Waals surface area contributed by atoms with Crippen LogP contribution in [0.2, 0.25) is 0 Å². The van der Waals surface area contributed by atoms with Crippen LogP contribution in [0.25, 0.3) is 0 Å². The Hall–Kier alpha value is -1.91. The SMILES string of the molecule is CCCC[C@H]1C(=O)N(C)CCN1S(=O)(=O)c1ccc(C#N)cc1. The molecule has 0 spiro atoms. The molecule has 23 heavy (non-hydrogen) atoms. The lowest BCUT2D eigenvalue weighted by atomic mass is 10.1. The number of sulfonamides is 1. The smallest absolute Gasteiger partial charge is 0.243 e. The predicted molar refractivity (Wildman–Crippen MR) is 86.0 cm³/mol. The molecule has 1 heterocycles. The summed E-state index contributed by atoms with van der Waals surface area (Å²) < 4.78 is 27.1. The standard InChI is InChI=1S/C16H21N3O3S/c1-3-4-5-15-16(20)18(2)10-11-19(15)23(21,22)14-8-6-13(12-17)7-9-14/h6-9,15H,3-5,10-11H2,1-2H3/t15-/m0/s1. The second kappa shape index (κ2) is 7.11. The van der Waals surface area contributed by atoms with Gasteiger partial charge in [-0.3, -0.25) is 4.79 Å². The first kappa shape index (κ1) is 17.4. The largest absolute Gasteiger partial charge is 0.343 e. The van der Waals surface area contributed by atoms with Crippen molar-refractivity contribution in [3.63, 3.8) is 0 Å². The normalized spacial score (nSPS) is 19.6. The van der Waals surface area contributed by atoms with Crippen molar-refractivity contribution in [1.29, 1.82) is 5.26 Å². The van der Waals surface area contributed by atoms with E-state index in [9.17, 15) is 13.2 Å². The zero-order valence-electron chi connectivity index (χ0n) is 13.4. The van der Waals surface area contributed by atoms with Gasteiger partial charge in [-0.2, -0.15) is 9.57 Å². The van der Waals surface area contributed by atoms with Crippen LogP contribution >= 0.6 is 0 Å². The van der Waals surface area contributed by atoms with Gasteiger partial charge in [0.15, 0.2) is 0 Å². The minimum absolute atomic E-state index is 0.121. The summed E-state index contributed by atoms with van der Waals surface area (Å²) in [6, 6.07) is 7.13. The highest BCUT2D eigenvalue weighted by molar-refractivity contribution is 7.89. The number of carbonyl (C=O) groups excluding carboxylic acids is 1. The molecule has 6 nitrogen and oxygen atoms in total. The molecule has 0 aliphatic carbocycles. The van der Waals surface area contributed by atoms with Crippen LogP contribution in [-0.4, -0.2) is 49.7 Å². The minimum atomic E-state index is -3.75. The molecule has 1 aromatic rings. The quantitative estimate of drug-likeness (QED) is 0.818. The molecule has 1 atom stereocenters. The van der Waals surface area contributed by atoms with Crippen molar-refractivity contribution < 1.29 is 13.2 Å². The third-order valence-electron chi connectivity index (χ3n) is 4.09. The van der Waals surface area contributed by atoms with Crippen molar-refractivity contribution >= 4 is 15.9 Å². The van der Waals surface area contributed by atoms with E-state index >= 15 is 0 Å². The van der Waals surface area contributed by atoms with Crippen LogP contribution in [0.4, 0.5) is 0 Å². The monoisotopic (exact) mass is 335 g/mol. The van der Waals surface area contributed by atoms with Gasteiger partial charge in [-0.05, 0) is 30.7 Å². The number of nitrogens with zero attached hydrogens (tertiary/aromatic N) is 3. The molecular weight excluding hydrogens is 314 g/mol. The number of nitriles is 1. The number of rotatable bonds is 5. The number of benzene rings is 1. The van der Waals surface area contributed by atoms with Crippen molar-refractivity contribution in [2.45, 2.75) is 37.1 Å². The topological polar surface area (TPSA) is 81.5 Å². The highest BCUT2D eigenvalue weighted by Gasteiger charge is 2.40. The summed E-state index contributed by atoms with van der Waals surface area (Å²) in [7, 11) is -2.05. The average Bonchev–Trinajstić information content (AvgIpc) is 2.56. The van der Waals surface area contributed by atoms with Gasteiger partial charge in [0.05, 0.1) is 16.5 Å². The average molecular weight is 335 g/mol. The Morgan fingerprint density at radius 2 is 1.91 bits per heavy atom. The highest BCUT2D eigenvalue weighted by Crippen LogP contribution is 2.24. The number of hydrogen-bond donors (Lipinski definition) is 0. The van der Waals surface area contributed by atoms with E-state index in [0.29, 0.717) is 25.1 Å². The van der Waals surface area contributed by atoms with E-state index in [-0.39, 0.29) is 10.8 Å². The summed E-state index contributed by atoms with van der Waals surface area (Å²) in [5.41, 5.74) is 0.404. The zero-order valence-corrected chi connectivity index (χ0v) is 14.2. The molecule has 0 N–H and O–H groups in total. The molecule has 1 fully saturated rings. The lowest BCUT2D eigenvalue weighted by Gasteiger charge is -2.38. The van der Waals surface area contributed by atoms with Crippen LogP contribution in [0.1, 0.15) is 31.7 Å². The Balaban J connectivity index is 2.34. The van der Waals surface area contributed by atoms with Gasteiger partial charge in [0, 0.05) is 20.1 Å². The first-order chi connectivity index (χ1) is 10.9. The number of unbranched alkanes of at least 4 members (excludes halogenated alkanes) is 1. The number of likely N-dealkylation sites (N-methyl/N-ethyl adjacent to an activating group) is 1. The van der Waals surface area contributed by atoms with E-state index in [1.54, 1.807) is 11.9 Å². The van der Waals surface area contributed by atoms with Crippen molar-refractivity contribution in [1.82, 2.24) is 9.21 Å². The highest BCUT2D eigenvalue weighted by atomic mass is 32.2. The van der Waals surface area contributed by atoms with Crippen molar-refractivity contribution in [3.05, 3.63) is 29.8 Å². The fraction of sp³-hybridized carbons (Fsp3) is 0.500. The first-order valence-electron chi connectivity index (χ1n) is 7.68. The summed E-state index contributed by atoms with van der Waals surface area (Å²) in [6.45, 7) is 2.69. The maximum absolute atomic E-state index is 12.9. The molecule has 0 saturated carbocycles. The molecule has 1 saturated heterocycles. The van der Waals surface area contributed by atoms with Crippen molar-refractivity contribution in [2.75, 3.05) is 20.1 Å². The van der Waals surface area contributed by atoms with Crippen molar-refractivity contribution in [2.24, 2.45) is 0 Å². The first-order valence-corrected chi connectivity index (χ1v) is 9.12. The summed E-state index contributed by atoms with van der Waals surface area (Å²) >= 11 is 0. The van der Waals surface area contributed by atoms with E-state index in [1.165, 1.54) is 28.6 Å². The Morgan fingerprint density at radius 1 is 1.26 bits per heavy atom. The van der Waals surface area contributed by atoms with Crippen LogP contribution in [0.3, 0.4) is 0 Å². The Morgan fingerprint density at radius 3 is 2.48 bits per heavy atom. The summed E-state index contributed by atoms with van der Waals surface area (Å²) in [6.07, 6.45) is 2.22. The van der Waals surface area contributed by atoms with Crippen LogP contribution in [0, 0.1) is 11.3 Å². The molecule has 2 rings (SSSR count). The predicted octanol–water partition coefficient (Wildman–Crippen LogP) is 1.58. The summed E-state index contributed by atoms with van der Waals surface area (Å²) in [4.78, 5) is 14.1. The van der Waals surface area contributed by atoms with Gasteiger partial charge < -0.3 is 4.90 Å². The fourth-order valence-corrected chi connectivity index (χ4v) is 4.29. The lowest BCUT2D eigenvalue weighted by Crippen LogP contribution is -2.57. The Kier molecular flexibility index (Phi) is 5.39. The molecule has 1 amide bonds. The zero-order chi connectivity index (χ0) is 17.0. The van der Waals surface area contributed by atoms with E-state index in [1.807, 2.05) is 13.0 Å². The summed E-state index contributed by atoms with van der Waals surface area (Å²) in [5, 5.41) is 8.82. The van der Waals surface area contributed by atoms with Gasteiger partial charge in [0.25, 0.3) is 0 Å². The third kappa shape index (κ3) is 3.54. The molecule has 1 aliphatic heterocycles. The van der Waals surface area contributed by atoms with Crippen LogP contribution in [-0.2, 0) is 14.8 Å². The minimum Gasteiger partial charge on any atom is -0.343 e. The van der Waals surface area contributed by atoms with Gasteiger partial charge in [0.2, 0.25) is 15.9 Å². The second-order valence-electron chi connectivity index (χ2n) is 5.67. The van der Waals surface area contributed by atoms with Crippen LogP contribution in [0.15, 0.2) is 29.2 Å². The van der Waals surface area contributed by atoms with Gasteiger partial charge in [-0.25, -0.2) is 8.42 Å². The molecule has 124 valence electrons. The van der Waals surface area contributed by atoms with E-state index < -0.39 is 16.1 Å². The van der Waals surface area contributed by atoms with Gasteiger partial charge in [-0.1, -0.05) is 19.8 Å². The summed E-state index contributed by atoms with van der Waals surface area (Å²) in [5.74, 6) is -0.151. The number of piperazine rings is 1. The van der Waals surface area contributed by atoms with Crippen LogP contribution < -0.4 is 0 Å². The molecule has 0 unspecified atom stereocenters. The number of carbonyl (C=O) groups is 1. The molecule has 1 aromatic carbocycles. The van der Waals surface area contributed by atoms with E-state index in [4.69, 9.17) is 5.26 Å². The van der Waals surface area contributed by atoms with Gasteiger partial charge in [-0.15, -0.1) is 0 Å². The number of amides is 1.